The summed E-state index contributed by atoms with van der Waals surface area (Å²) in [5, 5.41) is 1.41. The fourth-order valence-electron chi connectivity index (χ4n) is 7.97. The molecular weight excluding hydrogens is 528 g/mol. The van der Waals surface area contributed by atoms with Crippen LogP contribution in [0.4, 0.5) is 10.0 Å². The molecule has 6 nitrogen and oxygen atoms in total. The minimum Gasteiger partial charge on any atom is -0.292 e. The van der Waals surface area contributed by atoms with Gasteiger partial charge < -0.3 is 0 Å². The topological polar surface area (TPSA) is 93.0 Å². The summed E-state index contributed by atoms with van der Waals surface area (Å²) in [6, 6.07) is 4.16. The van der Waals surface area contributed by atoms with Gasteiger partial charge in [0.25, 0.3) is 0 Å². The van der Waals surface area contributed by atoms with Crippen molar-refractivity contribution in [3.8, 4) is 9.75 Å². The van der Waals surface area contributed by atoms with Crippen LogP contribution in [-0.4, -0.2) is 34.6 Å². The van der Waals surface area contributed by atoms with Crippen molar-refractivity contribution in [2.45, 2.75) is 83.5 Å². The Morgan fingerprint density at radius 2 is 0.974 bits per heavy atom. The highest BCUT2D eigenvalue weighted by Gasteiger charge is 2.50. The van der Waals surface area contributed by atoms with Crippen molar-refractivity contribution in [3.05, 3.63) is 23.3 Å². The monoisotopic (exact) mass is 560 g/mol. The van der Waals surface area contributed by atoms with Crippen LogP contribution >= 0.6 is 22.7 Å². The highest BCUT2D eigenvalue weighted by atomic mass is 32.1. The first-order chi connectivity index (χ1) is 18.9. The molecule has 39 heavy (non-hydrogen) atoms. The third-order valence-corrected chi connectivity index (χ3v) is 12.4. The Hall–Kier alpha value is -2.58. The molecule has 0 aromatic carbocycles. The van der Waals surface area contributed by atoms with E-state index < -0.39 is 0 Å². The van der Waals surface area contributed by atoms with Gasteiger partial charge in [0.15, 0.2) is 34.6 Å². The second-order valence-corrected chi connectivity index (χ2v) is 13.9. The first-order valence-electron chi connectivity index (χ1n) is 14.5. The van der Waals surface area contributed by atoms with E-state index in [9.17, 15) is 19.2 Å². The Bertz CT molecular complexity index is 1340. The molecule has 2 aromatic rings. The van der Waals surface area contributed by atoms with Gasteiger partial charge >= 0.3 is 0 Å². The van der Waals surface area contributed by atoms with E-state index in [0.717, 1.165) is 74.0 Å². The molecule has 0 spiro atoms. The van der Waals surface area contributed by atoms with Crippen LogP contribution in [0.3, 0.4) is 0 Å². The van der Waals surface area contributed by atoms with E-state index in [-0.39, 0.29) is 63.6 Å². The van der Waals surface area contributed by atoms with Gasteiger partial charge in [-0.05, 0) is 61.8 Å². The van der Waals surface area contributed by atoms with Gasteiger partial charge in [0.2, 0.25) is 0 Å². The second kappa shape index (κ2) is 9.23. The van der Waals surface area contributed by atoms with Gasteiger partial charge in [-0.1, -0.05) is 39.5 Å². The van der Waals surface area contributed by atoms with E-state index in [0.29, 0.717) is 10.0 Å². The van der Waals surface area contributed by atoms with E-state index in [1.54, 1.807) is 0 Å². The predicted octanol–water partition coefficient (Wildman–Crippen LogP) is 6.96. The van der Waals surface area contributed by atoms with Crippen LogP contribution < -0.4 is 0 Å². The van der Waals surface area contributed by atoms with Crippen molar-refractivity contribution in [1.29, 1.82) is 0 Å². The van der Waals surface area contributed by atoms with Crippen LogP contribution in [0.1, 0.15) is 89.2 Å². The molecule has 5 aliphatic rings. The smallest absolute Gasteiger partial charge is 0.188 e. The van der Waals surface area contributed by atoms with E-state index in [1.807, 2.05) is 0 Å². The summed E-state index contributed by atoms with van der Waals surface area (Å²) in [5.41, 5.74) is 2.47. The highest BCUT2D eigenvalue weighted by Crippen LogP contribution is 2.61. The van der Waals surface area contributed by atoms with Crippen molar-refractivity contribution in [2.24, 2.45) is 33.7 Å². The Kier molecular flexibility index (Phi) is 6.01. The zero-order valence-electron chi connectivity index (χ0n) is 22.4. The van der Waals surface area contributed by atoms with Gasteiger partial charge in [-0.3, -0.25) is 19.2 Å². The molecule has 4 unspecified atom stereocenters. The van der Waals surface area contributed by atoms with Crippen molar-refractivity contribution in [1.82, 2.24) is 0 Å². The number of hydrogen-bond acceptors (Lipinski definition) is 8. The van der Waals surface area contributed by atoms with Gasteiger partial charge in [0.05, 0.1) is 9.75 Å². The quantitative estimate of drug-likeness (QED) is 0.404. The molecule has 4 fully saturated rings. The number of Topliss-reactive ketones (excluding diaryl/α,β-unsaturated/α-hetero) is 4. The second-order valence-electron chi connectivity index (χ2n) is 11.8. The molecule has 8 heteroatoms. The third kappa shape index (κ3) is 3.56. The number of rotatable bonds is 4. The number of carbonyl (C=O) groups excluding carboxylic acids is 4. The van der Waals surface area contributed by atoms with E-state index in [1.165, 1.54) is 33.8 Å². The number of aliphatic imine (C=N–C) groups is 2. The Morgan fingerprint density at radius 3 is 1.28 bits per heavy atom. The van der Waals surface area contributed by atoms with Crippen LogP contribution in [0.2, 0.25) is 0 Å². The largest absolute Gasteiger partial charge is 0.292 e. The van der Waals surface area contributed by atoms with Crippen molar-refractivity contribution < 1.29 is 19.2 Å². The fourth-order valence-corrected chi connectivity index (χ4v) is 10.4. The number of carbonyl (C=O) groups is 4. The third-order valence-electron chi connectivity index (χ3n) is 10.1. The normalized spacial score (nSPS) is 29.0. The maximum atomic E-state index is 13.1. The maximum absolute atomic E-state index is 13.1. The van der Waals surface area contributed by atoms with Crippen LogP contribution in [0.5, 0.6) is 0 Å². The van der Waals surface area contributed by atoms with Crippen LogP contribution in [0, 0.1) is 23.7 Å². The SMILES string of the molecule is CCC1(CC)c2cc(N=C3C(=O)C4CCCCC4C3=O)sc2-c2sc(N=C3C(=O)C4CCCCC4C3=O)cc21. The lowest BCUT2D eigenvalue weighted by Crippen LogP contribution is -2.22. The molecule has 0 amide bonds. The lowest BCUT2D eigenvalue weighted by Gasteiger charge is -2.27. The molecule has 0 aliphatic heterocycles. The summed E-state index contributed by atoms with van der Waals surface area (Å²) in [6.45, 7) is 4.36. The molecular formula is C31H32N2O4S2. The Morgan fingerprint density at radius 1 is 0.641 bits per heavy atom. The fraction of sp³-hybridized carbons (Fsp3) is 0.548. The molecule has 0 bridgehead atoms. The maximum Gasteiger partial charge on any atom is 0.188 e. The van der Waals surface area contributed by atoms with E-state index >= 15 is 0 Å². The summed E-state index contributed by atoms with van der Waals surface area (Å²) in [6.07, 6.45) is 8.94. The number of nitrogens with zero attached hydrogens (tertiary/aromatic N) is 2. The van der Waals surface area contributed by atoms with Gasteiger partial charge in [-0.25, -0.2) is 9.98 Å². The predicted molar refractivity (Wildman–Crippen MR) is 154 cm³/mol. The molecule has 202 valence electrons. The molecule has 5 aliphatic carbocycles. The number of thiophene rings is 2. The Balaban J connectivity index is 1.27. The minimum atomic E-state index is -0.218. The molecule has 2 aromatic heterocycles. The van der Waals surface area contributed by atoms with Gasteiger partial charge in [-0.15, -0.1) is 22.7 Å². The number of fused-ring (bicyclic) bond motifs is 5. The average molecular weight is 561 g/mol. The number of ketones is 4. The van der Waals surface area contributed by atoms with Crippen LogP contribution in [-0.2, 0) is 24.6 Å². The van der Waals surface area contributed by atoms with Crippen LogP contribution in [0.25, 0.3) is 9.75 Å². The number of hydrogen-bond donors (Lipinski definition) is 0. The zero-order chi connectivity index (χ0) is 27.1. The zero-order valence-corrected chi connectivity index (χ0v) is 24.0. The summed E-state index contributed by atoms with van der Waals surface area (Å²) in [5.74, 6) is -1.02. The Labute approximate surface area is 236 Å². The highest BCUT2D eigenvalue weighted by molar-refractivity contribution is 7.26. The lowest BCUT2D eigenvalue weighted by molar-refractivity contribution is -0.120. The van der Waals surface area contributed by atoms with E-state index in [2.05, 4.69) is 36.0 Å². The molecule has 0 N–H and O–H groups in total. The van der Waals surface area contributed by atoms with Crippen molar-refractivity contribution in [3.63, 3.8) is 0 Å². The molecule has 0 radical (unpaired) electrons. The first kappa shape index (κ1) is 25.4. The standard InChI is InChI=1S/C31H32N2O4S2/c1-3-31(4-2)19-13-21(32-23-25(34)15-9-5-6-10-16(15)26(23)35)38-29(19)30-20(31)14-22(39-30)33-24-27(36)17-11-7-8-12-18(17)28(24)37/h13-18H,3-12H2,1-2H3. The molecule has 4 atom stereocenters. The van der Waals surface area contributed by atoms with E-state index in [4.69, 9.17) is 0 Å². The molecule has 4 saturated carbocycles. The van der Waals surface area contributed by atoms with Gasteiger partial charge in [-0.2, -0.15) is 0 Å². The summed E-state index contributed by atoms with van der Waals surface area (Å²) in [7, 11) is 0. The molecule has 2 heterocycles. The van der Waals surface area contributed by atoms with Crippen molar-refractivity contribution >= 4 is 67.2 Å². The van der Waals surface area contributed by atoms with Crippen LogP contribution in [0.15, 0.2) is 22.1 Å². The summed E-state index contributed by atoms with van der Waals surface area (Å²) in [4.78, 5) is 63.9. The molecule has 7 rings (SSSR count). The first-order valence-corrected chi connectivity index (χ1v) is 16.1. The van der Waals surface area contributed by atoms with Gasteiger partial charge in [0.1, 0.15) is 10.0 Å². The lowest BCUT2D eigenvalue weighted by atomic mass is 9.75. The van der Waals surface area contributed by atoms with Gasteiger partial charge in [0, 0.05) is 29.1 Å². The average Bonchev–Trinajstić information content (AvgIpc) is 3.72. The van der Waals surface area contributed by atoms with Crippen molar-refractivity contribution in [2.75, 3.05) is 0 Å². The minimum absolute atomic E-state index is 0.0723. The summed E-state index contributed by atoms with van der Waals surface area (Å²) >= 11 is 3.06. The summed E-state index contributed by atoms with van der Waals surface area (Å²) < 4.78 is 0. The molecule has 0 saturated heterocycles.